The van der Waals surface area contributed by atoms with Crippen molar-refractivity contribution in [2.75, 3.05) is 13.1 Å². The highest BCUT2D eigenvalue weighted by molar-refractivity contribution is 5.79. The highest BCUT2D eigenvalue weighted by Crippen LogP contribution is 2.24. The van der Waals surface area contributed by atoms with E-state index in [9.17, 15) is 0 Å². The van der Waals surface area contributed by atoms with Crippen molar-refractivity contribution in [2.45, 2.75) is 73.1 Å². The number of aliphatic imine (C=N–C) groups is 1. The van der Waals surface area contributed by atoms with Gasteiger partial charge in [-0.15, -0.1) is 10.2 Å². The van der Waals surface area contributed by atoms with E-state index in [-0.39, 0.29) is 6.10 Å². The van der Waals surface area contributed by atoms with Crippen molar-refractivity contribution >= 4 is 5.96 Å². The van der Waals surface area contributed by atoms with Gasteiger partial charge in [-0.1, -0.05) is 26.0 Å². The first-order valence-electron chi connectivity index (χ1n) is 11.1. The van der Waals surface area contributed by atoms with Crippen LogP contribution >= 0.6 is 0 Å². The van der Waals surface area contributed by atoms with Gasteiger partial charge in [0.05, 0.1) is 12.6 Å². The lowest BCUT2D eigenvalue weighted by atomic mass is 10.1. The number of benzene rings is 1. The number of nitrogens with one attached hydrogen (secondary N) is 2. The summed E-state index contributed by atoms with van der Waals surface area (Å²) >= 11 is 0. The summed E-state index contributed by atoms with van der Waals surface area (Å²) in [6, 6.07) is 6.36. The number of nitrogens with zero attached hydrogens (tertiary/aromatic N) is 4. The fraction of sp³-hybridized carbons (Fsp3) is 0.609. The minimum atomic E-state index is 0.187. The number of guanidine groups is 1. The summed E-state index contributed by atoms with van der Waals surface area (Å²) in [7, 11) is 0. The van der Waals surface area contributed by atoms with Gasteiger partial charge in [-0.25, -0.2) is 4.99 Å². The van der Waals surface area contributed by atoms with Crippen molar-refractivity contribution in [3.8, 4) is 5.75 Å². The van der Waals surface area contributed by atoms with E-state index in [0.29, 0.717) is 12.5 Å². The Labute approximate surface area is 181 Å². The maximum atomic E-state index is 6.26. The third-order valence-corrected chi connectivity index (χ3v) is 4.71. The fourth-order valence-corrected chi connectivity index (χ4v) is 3.30. The first-order valence-corrected chi connectivity index (χ1v) is 11.1. The molecule has 1 aromatic carbocycles. The molecule has 0 aliphatic heterocycles. The number of unbranched alkanes of at least 4 members (excludes halogenated alkanes) is 1. The van der Waals surface area contributed by atoms with Crippen LogP contribution in [0.3, 0.4) is 0 Å². The van der Waals surface area contributed by atoms with Crippen LogP contribution in [-0.4, -0.2) is 39.9 Å². The Hall–Kier alpha value is -2.57. The smallest absolute Gasteiger partial charge is 0.191 e. The molecule has 30 heavy (non-hydrogen) atoms. The Morgan fingerprint density at radius 3 is 2.60 bits per heavy atom. The molecule has 0 spiro atoms. The topological polar surface area (TPSA) is 76.4 Å². The molecule has 0 aliphatic rings. The Morgan fingerprint density at radius 2 is 1.90 bits per heavy atom. The quantitative estimate of drug-likeness (QED) is 0.313. The van der Waals surface area contributed by atoms with Gasteiger partial charge < -0.3 is 19.9 Å². The Morgan fingerprint density at radius 1 is 1.13 bits per heavy atom. The van der Waals surface area contributed by atoms with Crippen LogP contribution in [0.1, 0.15) is 58.1 Å². The molecule has 2 aromatic rings. The monoisotopic (exact) mass is 414 g/mol. The summed E-state index contributed by atoms with van der Waals surface area (Å²) in [6.07, 6.45) is 6.84. The standard InChI is InChI=1S/C23H38N6O/c1-6-24-23(25-11-7-8-12-29-16-27-28-17-29)26-15-21-10-9-19(4)14-22(21)30-20(5)13-18(2)3/h9-10,14,16-18,20H,6-8,11-13,15H2,1-5H3,(H2,24,25,26). The third-order valence-electron chi connectivity index (χ3n) is 4.71. The van der Waals surface area contributed by atoms with Crippen LogP contribution in [0.2, 0.25) is 0 Å². The second-order valence-electron chi connectivity index (χ2n) is 8.20. The molecule has 0 bridgehead atoms. The molecular formula is C23H38N6O. The molecule has 1 atom stereocenters. The lowest BCUT2D eigenvalue weighted by molar-refractivity contribution is 0.191. The normalized spacial score (nSPS) is 12.8. The van der Waals surface area contributed by atoms with Gasteiger partial charge in [0, 0.05) is 25.2 Å². The van der Waals surface area contributed by atoms with Crippen molar-refractivity contribution in [3.63, 3.8) is 0 Å². The predicted octanol–water partition coefficient (Wildman–Crippen LogP) is 3.94. The van der Waals surface area contributed by atoms with Gasteiger partial charge in [0.15, 0.2) is 5.96 Å². The summed E-state index contributed by atoms with van der Waals surface area (Å²) in [4.78, 5) is 4.78. The zero-order valence-corrected chi connectivity index (χ0v) is 19.2. The van der Waals surface area contributed by atoms with Crippen LogP contribution in [0.15, 0.2) is 35.8 Å². The molecule has 0 saturated heterocycles. The van der Waals surface area contributed by atoms with Gasteiger partial charge in [0.25, 0.3) is 0 Å². The molecule has 0 saturated carbocycles. The predicted molar refractivity (Wildman–Crippen MR) is 123 cm³/mol. The van der Waals surface area contributed by atoms with Crippen LogP contribution in [0.25, 0.3) is 0 Å². The Kier molecular flexibility index (Phi) is 10.2. The van der Waals surface area contributed by atoms with Gasteiger partial charge in [-0.3, -0.25) is 0 Å². The molecule has 0 radical (unpaired) electrons. The minimum Gasteiger partial charge on any atom is -0.490 e. The van der Waals surface area contributed by atoms with Gasteiger partial charge in [0.1, 0.15) is 18.4 Å². The lowest BCUT2D eigenvalue weighted by Crippen LogP contribution is -2.37. The summed E-state index contributed by atoms with van der Waals surface area (Å²) < 4.78 is 8.25. The average molecular weight is 415 g/mol. The molecule has 0 aliphatic carbocycles. The van der Waals surface area contributed by atoms with Gasteiger partial charge in [-0.05, 0) is 57.6 Å². The number of hydrogen-bond donors (Lipinski definition) is 2. The van der Waals surface area contributed by atoms with Gasteiger partial charge in [0.2, 0.25) is 0 Å². The molecule has 1 aromatic heterocycles. The minimum absolute atomic E-state index is 0.187. The zero-order chi connectivity index (χ0) is 21.8. The number of aryl methyl sites for hydroxylation is 2. The van der Waals surface area contributed by atoms with E-state index in [1.54, 1.807) is 12.7 Å². The van der Waals surface area contributed by atoms with E-state index < -0.39 is 0 Å². The van der Waals surface area contributed by atoms with E-state index in [4.69, 9.17) is 9.73 Å². The molecule has 1 unspecified atom stereocenters. The number of ether oxygens (including phenoxy) is 1. The maximum Gasteiger partial charge on any atom is 0.191 e. The summed E-state index contributed by atoms with van der Waals surface area (Å²) in [5, 5.41) is 14.4. The van der Waals surface area contributed by atoms with E-state index in [0.717, 1.165) is 56.2 Å². The second-order valence-corrected chi connectivity index (χ2v) is 8.20. The van der Waals surface area contributed by atoms with Crippen molar-refractivity contribution in [1.82, 2.24) is 25.4 Å². The molecule has 2 rings (SSSR count). The van der Waals surface area contributed by atoms with E-state index in [1.165, 1.54) is 5.56 Å². The Bertz CT molecular complexity index is 757. The number of rotatable bonds is 12. The third kappa shape index (κ3) is 8.84. The summed E-state index contributed by atoms with van der Waals surface area (Å²) in [6.45, 7) is 14.0. The van der Waals surface area contributed by atoms with Gasteiger partial charge in [-0.2, -0.15) is 0 Å². The lowest BCUT2D eigenvalue weighted by Gasteiger charge is -2.19. The SMILES string of the molecule is CCNC(=NCc1ccc(C)cc1OC(C)CC(C)C)NCCCCn1cnnc1. The maximum absolute atomic E-state index is 6.26. The zero-order valence-electron chi connectivity index (χ0n) is 19.2. The van der Waals surface area contributed by atoms with Crippen LogP contribution in [-0.2, 0) is 13.1 Å². The average Bonchev–Trinajstić information content (AvgIpc) is 3.19. The molecule has 7 heteroatoms. The van der Waals surface area contributed by atoms with Crippen LogP contribution in [0.5, 0.6) is 5.75 Å². The van der Waals surface area contributed by atoms with Crippen molar-refractivity contribution in [3.05, 3.63) is 42.0 Å². The molecule has 7 nitrogen and oxygen atoms in total. The van der Waals surface area contributed by atoms with Crippen LogP contribution in [0, 0.1) is 12.8 Å². The molecule has 0 amide bonds. The molecular weight excluding hydrogens is 376 g/mol. The van der Waals surface area contributed by atoms with Gasteiger partial charge >= 0.3 is 0 Å². The first kappa shape index (κ1) is 23.7. The number of aromatic nitrogens is 3. The molecule has 166 valence electrons. The molecule has 1 heterocycles. The van der Waals surface area contributed by atoms with Crippen LogP contribution < -0.4 is 15.4 Å². The Balaban J connectivity index is 1.90. The highest BCUT2D eigenvalue weighted by Gasteiger charge is 2.11. The summed E-state index contributed by atoms with van der Waals surface area (Å²) in [5.41, 5.74) is 2.31. The largest absolute Gasteiger partial charge is 0.490 e. The molecule has 0 fully saturated rings. The van der Waals surface area contributed by atoms with Crippen molar-refractivity contribution in [2.24, 2.45) is 10.9 Å². The first-order chi connectivity index (χ1) is 14.5. The summed E-state index contributed by atoms with van der Waals surface area (Å²) in [5.74, 6) is 2.39. The van der Waals surface area contributed by atoms with E-state index >= 15 is 0 Å². The van der Waals surface area contributed by atoms with Crippen molar-refractivity contribution in [1.29, 1.82) is 0 Å². The van der Waals surface area contributed by atoms with E-state index in [2.05, 4.69) is 73.6 Å². The second kappa shape index (κ2) is 12.9. The highest BCUT2D eigenvalue weighted by atomic mass is 16.5. The van der Waals surface area contributed by atoms with E-state index in [1.807, 2.05) is 4.57 Å². The fourth-order valence-electron chi connectivity index (χ4n) is 3.30. The van der Waals surface area contributed by atoms with Crippen molar-refractivity contribution < 1.29 is 4.74 Å². The number of hydrogen-bond acceptors (Lipinski definition) is 4. The van der Waals surface area contributed by atoms with Crippen LogP contribution in [0.4, 0.5) is 0 Å². The molecule has 2 N–H and O–H groups in total.